The zero-order valence-electron chi connectivity index (χ0n) is 7.68. The van der Waals surface area contributed by atoms with Gasteiger partial charge in [0.05, 0.1) is 10.8 Å². The smallest absolute Gasteiger partial charge is 0.203 e. The van der Waals surface area contributed by atoms with Gasteiger partial charge in [0, 0.05) is 4.90 Å². The molecule has 15 heavy (non-hydrogen) atoms. The van der Waals surface area contributed by atoms with E-state index in [0.29, 0.717) is 5.13 Å². The standard InChI is InChI=1S/C9H8ClN3S2/c10-6-3-1-2-4-7(6)14-5-8-12-13-9(11)15-8/h1-4H,5H2,(H2,11,13). The molecule has 2 N–H and O–H groups in total. The highest BCUT2D eigenvalue weighted by Crippen LogP contribution is 2.30. The molecule has 1 heterocycles. The first-order valence-electron chi connectivity index (χ1n) is 4.21. The van der Waals surface area contributed by atoms with Gasteiger partial charge in [0.2, 0.25) is 5.13 Å². The van der Waals surface area contributed by atoms with Gasteiger partial charge in [-0.05, 0) is 12.1 Å². The molecule has 78 valence electrons. The highest BCUT2D eigenvalue weighted by Gasteiger charge is 2.04. The molecule has 2 rings (SSSR count). The Kier molecular flexibility index (Phi) is 3.45. The maximum atomic E-state index is 6.02. The molecule has 3 nitrogen and oxygen atoms in total. The minimum atomic E-state index is 0.504. The molecular weight excluding hydrogens is 250 g/mol. The number of rotatable bonds is 3. The van der Waals surface area contributed by atoms with E-state index < -0.39 is 0 Å². The number of hydrogen-bond acceptors (Lipinski definition) is 5. The fraction of sp³-hybridized carbons (Fsp3) is 0.111. The number of anilines is 1. The summed E-state index contributed by atoms with van der Waals surface area (Å²) in [5, 5.41) is 9.87. The van der Waals surface area contributed by atoms with E-state index in [1.54, 1.807) is 11.8 Å². The molecule has 1 aromatic carbocycles. The molecule has 0 aliphatic heterocycles. The first kappa shape index (κ1) is 10.7. The first-order valence-corrected chi connectivity index (χ1v) is 6.39. The Morgan fingerprint density at radius 2 is 2.13 bits per heavy atom. The quantitative estimate of drug-likeness (QED) is 0.859. The summed E-state index contributed by atoms with van der Waals surface area (Å²) in [6.07, 6.45) is 0. The minimum Gasteiger partial charge on any atom is -0.374 e. The number of thioether (sulfide) groups is 1. The van der Waals surface area contributed by atoms with E-state index in [1.165, 1.54) is 11.3 Å². The number of benzene rings is 1. The van der Waals surface area contributed by atoms with Crippen molar-refractivity contribution in [1.29, 1.82) is 0 Å². The third-order valence-corrected chi connectivity index (χ3v) is 4.13. The average molecular weight is 258 g/mol. The van der Waals surface area contributed by atoms with Crippen molar-refractivity contribution in [3.63, 3.8) is 0 Å². The molecule has 0 aliphatic carbocycles. The highest BCUT2D eigenvalue weighted by atomic mass is 35.5. The van der Waals surface area contributed by atoms with Crippen LogP contribution in [0.5, 0.6) is 0 Å². The van der Waals surface area contributed by atoms with Crippen LogP contribution in [0, 0.1) is 0 Å². The van der Waals surface area contributed by atoms with Gasteiger partial charge >= 0.3 is 0 Å². The van der Waals surface area contributed by atoms with E-state index in [2.05, 4.69) is 10.2 Å². The van der Waals surface area contributed by atoms with Crippen molar-refractivity contribution in [1.82, 2.24) is 10.2 Å². The summed E-state index contributed by atoms with van der Waals surface area (Å²) in [4.78, 5) is 1.05. The predicted molar refractivity (Wildman–Crippen MR) is 65.3 cm³/mol. The Morgan fingerprint density at radius 1 is 1.33 bits per heavy atom. The van der Waals surface area contributed by atoms with Crippen LogP contribution in [0.25, 0.3) is 0 Å². The van der Waals surface area contributed by atoms with E-state index in [0.717, 1.165) is 20.7 Å². The van der Waals surface area contributed by atoms with Crippen molar-refractivity contribution in [2.24, 2.45) is 0 Å². The van der Waals surface area contributed by atoms with E-state index in [-0.39, 0.29) is 0 Å². The van der Waals surface area contributed by atoms with Crippen LogP contribution in [-0.2, 0) is 5.75 Å². The highest BCUT2D eigenvalue weighted by molar-refractivity contribution is 7.98. The van der Waals surface area contributed by atoms with Gasteiger partial charge in [-0.1, -0.05) is 35.1 Å². The lowest BCUT2D eigenvalue weighted by Crippen LogP contribution is -1.81. The molecule has 0 aliphatic rings. The third-order valence-electron chi connectivity index (χ3n) is 1.67. The Hall–Kier alpha value is -0.780. The van der Waals surface area contributed by atoms with Gasteiger partial charge in [-0.25, -0.2) is 0 Å². The lowest BCUT2D eigenvalue weighted by molar-refractivity contribution is 1.05. The summed E-state index contributed by atoms with van der Waals surface area (Å²) in [6, 6.07) is 7.73. The lowest BCUT2D eigenvalue weighted by atomic mass is 10.4. The fourth-order valence-corrected chi connectivity index (χ4v) is 2.86. The zero-order chi connectivity index (χ0) is 10.7. The molecule has 0 amide bonds. The zero-order valence-corrected chi connectivity index (χ0v) is 10.1. The van der Waals surface area contributed by atoms with Crippen molar-refractivity contribution < 1.29 is 0 Å². The Labute approximate surface area is 101 Å². The normalized spacial score (nSPS) is 10.5. The summed E-state index contributed by atoms with van der Waals surface area (Å²) in [5.41, 5.74) is 5.49. The topological polar surface area (TPSA) is 51.8 Å². The van der Waals surface area contributed by atoms with Crippen molar-refractivity contribution in [3.8, 4) is 0 Å². The molecule has 0 saturated heterocycles. The van der Waals surface area contributed by atoms with Crippen molar-refractivity contribution in [2.45, 2.75) is 10.6 Å². The third kappa shape index (κ3) is 2.84. The van der Waals surface area contributed by atoms with Crippen LogP contribution in [-0.4, -0.2) is 10.2 Å². The van der Waals surface area contributed by atoms with Crippen LogP contribution >= 0.6 is 34.7 Å². The summed E-state index contributed by atoms with van der Waals surface area (Å²) in [6.45, 7) is 0. The van der Waals surface area contributed by atoms with E-state index >= 15 is 0 Å². The molecule has 2 aromatic rings. The van der Waals surface area contributed by atoms with E-state index in [1.807, 2.05) is 24.3 Å². The summed E-state index contributed by atoms with van der Waals surface area (Å²) >= 11 is 9.06. The average Bonchev–Trinajstić information content (AvgIpc) is 2.63. The second-order valence-electron chi connectivity index (χ2n) is 2.75. The molecular formula is C9H8ClN3S2. The molecule has 0 bridgehead atoms. The van der Waals surface area contributed by atoms with Gasteiger partial charge < -0.3 is 5.73 Å². The number of nitrogen functional groups attached to an aromatic ring is 1. The number of nitrogens with two attached hydrogens (primary N) is 1. The summed E-state index contributed by atoms with van der Waals surface area (Å²) < 4.78 is 0. The van der Waals surface area contributed by atoms with Crippen LogP contribution in [0.15, 0.2) is 29.2 Å². The van der Waals surface area contributed by atoms with Gasteiger partial charge in [0.15, 0.2) is 0 Å². The maximum Gasteiger partial charge on any atom is 0.203 e. The van der Waals surface area contributed by atoms with Gasteiger partial charge in [-0.15, -0.1) is 22.0 Å². The SMILES string of the molecule is Nc1nnc(CSc2ccccc2Cl)s1. The number of nitrogens with zero attached hydrogens (tertiary/aromatic N) is 2. The predicted octanol–water partition coefficient (Wildman–Crippen LogP) is 3.07. The molecule has 0 atom stereocenters. The number of hydrogen-bond donors (Lipinski definition) is 1. The summed E-state index contributed by atoms with van der Waals surface area (Å²) in [5.74, 6) is 0.749. The largest absolute Gasteiger partial charge is 0.374 e. The molecule has 0 fully saturated rings. The van der Waals surface area contributed by atoms with Gasteiger partial charge in [0.1, 0.15) is 5.01 Å². The maximum absolute atomic E-state index is 6.02. The van der Waals surface area contributed by atoms with Gasteiger partial charge in [-0.3, -0.25) is 0 Å². The van der Waals surface area contributed by atoms with Crippen molar-refractivity contribution >= 4 is 39.8 Å². The summed E-state index contributed by atoms with van der Waals surface area (Å²) in [7, 11) is 0. The number of halogens is 1. The Bertz CT molecular complexity index is 458. The monoisotopic (exact) mass is 257 g/mol. The van der Waals surface area contributed by atoms with Crippen LogP contribution in [0.4, 0.5) is 5.13 Å². The molecule has 0 radical (unpaired) electrons. The molecule has 0 saturated carbocycles. The minimum absolute atomic E-state index is 0.504. The van der Waals surface area contributed by atoms with E-state index in [4.69, 9.17) is 17.3 Å². The van der Waals surface area contributed by atoms with Crippen molar-refractivity contribution in [3.05, 3.63) is 34.3 Å². The fourth-order valence-electron chi connectivity index (χ4n) is 1.03. The van der Waals surface area contributed by atoms with Crippen LogP contribution in [0.2, 0.25) is 5.02 Å². The van der Waals surface area contributed by atoms with Crippen molar-refractivity contribution in [2.75, 3.05) is 5.73 Å². The van der Waals surface area contributed by atoms with Crippen LogP contribution in [0.3, 0.4) is 0 Å². The molecule has 6 heteroatoms. The first-order chi connectivity index (χ1) is 7.25. The van der Waals surface area contributed by atoms with Crippen LogP contribution < -0.4 is 5.73 Å². The Morgan fingerprint density at radius 3 is 2.80 bits per heavy atom. The second-order valence-corrected chi connectivity index (χ2v) is 5.27. The van der Waals surface area contributed by atoms with Gasteiger partial charge in [-0.2, -0.15) is 0 Å². The van der Waals surface area contributed by atoms with Crippen LogP contribution in [0.1, 0.15) is 5.01 Å². The molecule has 0 unspecified atom stereocenters. The second kappa shape index (κ2) is 4.83. The van der Waals surface area contributed by atoms with E-state index in [9.17, 15) is 0 Å². The number of aromatic nitrogens is 2. The van der Waals surface area contributed by atoms with Gasteiger partial charge in [0.25, 0.3) is 0 Å². The molecule has 0 spiro atoms. The lowest BCUT2D eigenvalue weighted by Gasteiger charge is -2.00. The molecule has 1 aromatic heterocycles. The Balaban J connectivity index is 2.02.